The number of ketones is 1. The fourth-order valence-electron chi connectivity index (χ4n) is 1.32. The summed E-state index contributed by atoms with van der Waals surface area (Å²) in [7, 11) is 0. The fraction of sp³-hybridized carbons (Fsp3) is 0.200. The van der Waals surface area contributed by atoms with Gasteiger partial charge in [0, 0.05) is 18.9 Å². The van der Waals surface area contributed by atoms with Gasteiger partial charge in [-0.05, 0) is 35.0 Å². The highest BCUT2D eigenvalue weighted by Crippen LogP contribution is 2.23. The van der Waals surface area contributed by atoms with E-state index >= 15 is 0 Å². The molecule has 0 unspecified atom stereocenters. The zero-order chi connectivity index (χ0) is 10.8. The molecule has 0 fully saturated rings. The van der Waals surface area contributed by atoms with Crippen molar-refractivity contribution in [3.63, 3.8) is 0 Å². The summed E-state index contributed by atoms with van der Waals surface area (Å²) in [5, 5.41) is 0. The SMILES string of the molecule is CCn1ccnc1C(=O)c1ccc(Br)s1. The van der Waals surface area contributed by atoms with Gasteiger partial charge in [-0.1, -0.05) is 0 Å². The van der Waals surface area contributed by atoms with Crippen LogP contribution in [0.4, 0.5) is 0 Å². The number of thiophene rings is 1. The van der Waals surface area contributed by atoms with E-state index in [1.54, 1.807) is 6.20 Å². The number of nitrogens with zero attached hydrogens (tertiary/aromatic N) is 2. The van der Waals surface area contributed by atoms with Crippen molar-refractivity contribution in [3.8, 4) is 0 Å². The maximum Gasteiger partial charge on any atom is 0.238 e. The molecule has 2 rings (SSSR count). The second kappa shape index (κ2) is 4.28. The Labute approximate surface area is 99.9 Å². The van der Waals surface area contributed by atoms with Crippen molar-refractivity contribution in [2.75, 3.05) is 0 Å². The van der Waals surface area contributed by atoms with Crippen molar-refractivity contribution >= 4 is 33.0 Å². The van der Waals surface area contributed by atoms with Crippen LogP contribution in [0.5, 0.6) is 0 Å². The Morgan fingerprint density at radius 1 is 1.60 bits per heavy atom. The zero-order valence-electron chi connectivity index (χ0n) is 8.11. The van der Waals surface area contributed by atoms with Crippen LogP contribution in [0.3, 0.4) is 0 Å². The molecule has 0 spiro atoms. The number of imidazole rings is 1. The van der Waals surface area contributed by atoms with Crippen LogP contribution < -0.4 is 0 Å². The van der Waals surface area contributed by atoms with Gasteiger partial charge in [0.1, 0.15) is 0 Å². The number of aryl methyl sites for hydroxylation is 1. The van der Waals surface area contributed by atoms with Crippen molar-refractivity contribution < 1.29 is 4.79 Å². The van der Waals surface area contributed by atoms with Gasteiger partial charge in [0.2, 0.25) is 5.78 Å². The van der Waals surface area contributed by atoms with E-state index in [1.165, 1.54) is 11.3 Å². The zero-order valence-corrected chi connectivity index (χ0v) is 10.5. The molecule has 2 heterocycles. The van der Waals surface area contributed by atoms with Crippen LogP contribution in [0, 0.1) is 0 Å². The number of carbonyl (C=O) groups is 1. The number of halogens is 1. The molecule has 2 aromatic heterocycles. The van der Waals surface area contributed by atoms with Gasteiger partial charge in [0.15, 0.2) is 5.82 Å². The van der Waals surface area contributed by atoms with Crippen LogP contribution in [0.2, 0.25) is 0 Å². The number of rotatable bonds is 3. The summed E-state index contributed by atoms with van der Waals surface area (Å²) >= 11 is 4.77. The largest absolute Gasteiger partial charge is 0.328 e. The quantitative estimate of drug-likeness (QED) is 0.813. The van der Waals surface area contributed by atoms with Gasteiger partial charge in [-0.25, -0.2) is 4.98 Å². The van der Waals surface area contributed by atoms with Crippen LogP contribution in [0.1, 0.15) is 22.4 Å². The van der Waals surface area contributed by atoms with Crippen molar-refractivity contribution in [3.05, 3.63) is 39.0 Å². The molecule has 3 nitrogen and oxygen atoms in total. The summed E-state index contributed by atoms with van der Waals surface area (Å²) in [6, 6.07) is 3.68. The van der Waals surface area contributed by atoms with Gasteiger partial charge in [-0.3, -0.25) is 4.79 Å². The first-order chi connectivity index (χ1) is 7.22. The minimum Gasteiger partial charge on any atom is -0.328 e. The predicted molar refractivity (Wildman–Crippen MR) is 63.4 cm³/mol. The molecule has 0 aliphatic rings. The second-order valence-electron chi connectivity index (χ2n) is 2.97. The summed E-state index contributed by atoms with van der Waals surface area (Å²) in [5.41, 5.74) is 0. The lowest BCUT2D eigenvalue weighted by Crippen LogP contribution is -2.08. The molecular formula is C10H9BrN2OS. The number of hydrogen-bond donors (Lipinski definition) is 0. The molecule has 0 bridgehead atoms. The summed E-state index contributed by atoms with van der Waals surface area (Å²) in [6.07, 6.45) is 3.47. The molecule has 2 aromatic rings. The standard InChI is InChI=1S/C10H9BrN2OS/c1-2-13-6-5-12-10(13)9(14)7-3-4-8(11)15-7/h3-6H,2H2,1H3. The van der Waals surface area contributed by atoms with Crippen molar-refractivity contribution in [2.24, 2.45) is 0 Å². The highest BCUT2D eigenvalue weighted by atomic mass is 79.9. The fourth-order valence-corrected chi connectivity index (χ4v) is 2.64. The van der Waals surface area contributed by atoms with Crippen LogP contribution in [0.15, 0.2) is 28.3 Å². The molecule has 0 aliphatic heterocycles. The Hall–Kier alpha value is -0.940. The molecule has 0 aliphatic carbocycles. The van der Waals surface area contributed by atoms with E-state index in [0.29, 0.717) is 10.7 Å². The summed E-state index contributed by atoms with van der Waals surface area (Å²) < 4.78 is 2.80. The lowest BCUT2D eigenvalue weighted by Gasteiger charge is -2.01. The summed E-state index contributed by atoms with van der Waals surface area (Å²) in [5.74, 6) is 0.490. The summed E-state index contributed by atoms with van der Waals surface area (Å²) in [4.78, 5) is 16.8. The lowest BCUT2D eigenvalue weighted by molar-refractivity contribution is 0.102. The van der Waals surface area contributed by atoms with Gasteiger partial charge < -0.3 is 4.57 Å². The molecule has 15 heavy (non-hydrogen) atoms. The van der Waals surface area contributed by atoms with Crippen LogP contribution in [0.25, 0.3) is 0 Å². The lowest BCUT2D eigenvalue weighted by atomic mass is 10.3. The molecule has 0 amide bonds. The summed E-state index contributed by atoms with van der Waals surface area (Å²) in [6.45, 7) is 2.75. The van der Waals surface area contributed by atoms with E-state index in [-0.39, 0.29) is 5.78 Å². The first-order valence-corrected chi connectivity index (χ1v) is 6.14. The average molecular weight is 285 g/mol. The molecule has 5 heteroatoms. The van der Waals surface area contributed by atoms with E-state index in [1.807, 2.05) is 29.8 Å². The van der Waals surface area contributed by atoms with Gasteiger partial charge in [0.25, 0.3) is 0 Å². The normalized spacial score (nSPS) is 10.5. The van der Waals surface area contributed by atoms with Crippen molar-refractivity contribution in [1.82, 2.24) is 9.55 Å². The Morgan fingerprint density at radius 3 is 3.00 bits per heavy atom. The molecule has 0 saturated carbocycles. The molecule has 0 saturated heterocycles. The molecule has 0 N–H and O–H groups in total. The number of aromatic nitrogens is 2. The average Bonchev–Trinajstić information content (AvgIpc) is 2.84. The molecule has 78 valence electrons. The Balaban J connectivity index is 2.36. The topological polar surface area (TPSA) is 34.9 Å². The van der Waals surface area contributed by atoms with Gasteiger partial charge in [-0.15, -0.1) is 11.3 Å². The van der Waals surface area contributed by atoms with E-state index < -0.39 is 0 Å². The van der Waals surface area contributed by atoms with E-state index in [9.17, 15) is 4.79 Å². The first kappa shape index (κ1) is 10.6. The Morgan fingerprint density at radius 2 is 2.40 bits per heavy atom. The van der Waals surface area contributed by atoms with E-state index in [0.717, 1.165) is 10.3 Å². The maximum atomic E-state index is 12.0. The highest BCUT2D eigenvalue weighted by Gasteiger charge is 2.15. The smallest absolute Gasteiger partial charge is 0.238 e. The van der Waals surface area contributed by atoms with Crippen molar-refractivity contribution in [2.45, 2.75) is 13.5 Å². The Kier molecular flexibility index (Phi) is 3.02. The molecule has 0 aromatic carbocycles. The maximum absolute atomic E-state index is 12.0. The van der Waals surface area contributed by atoms with Crippen LogP contribution in [-0.4, -0.2) is 15.3 Å². The third-order valence-corrected chi connectivity index (χ3v) is 3.68. The molecule has 0 radical (unpaired) electrons. The number of carbonyl (C=O) groups excluding carboxylic acids is 1. The second-order valence-corrected chi connectivity index (χ2v) is 5.43. The van der Waals surface area contributed by atoms with E-state index in [2.05, 4.69) is 20.9 Å². The minimum atomic E-state index is -0.0162. The van der Waals surface area contributed by atoms with Gasteiger partial charge in [0.05, 0.1) is 8.66 Å². The van der Waals surface area contributed by atoms with Gasteiger partial charge in [-0.2, -0.15) is 0 Å². The molecule has 0 atom stereocenters. The third kappa shape index (κ3) is 2.03. The predicted octanol–water partition coefficient (Wildman–Crippen LogP) is 2.96. The Bertz CT molecular complexity index is 489. The minimum absolute atomic E-state index is 0.0162. The third-order valence-electron chi connectivity index (χ3n) is 2.06. The highest BCUT2D eigenvalue weighted by molar-refractivity contribution is 9.11. The number of hydrogen-bond acceptors (Lipinski definition) is 3. The van der Waals surface area contributed by atoms with Crippen LogP contribution in [-0.2, 0) is 6.54 Å². The van der Waals surface area contributed by atoms with Crippen LogP contribution >= 0.6 is 27.3 Å². The molecular weight excluding hydrogens is 276 g/mol. The van der Waals surface area contributed by atoms with Gasteiger partial charge >= 0.3 is 0 Å². The van der Waals surface area contributed by atoms with E-state index in [4.69, 9.17) is 0 Å². The van der Waals surface area contributed by atoms with Crippen molar-refractivity contribution in [1.29, 1.82) is 0 Å². The monoisotopic (exact) mass is 284 g/mol. The first-order valence-electron chi connectivity index (χ1n) is 4.53.